The van der Waals surface area contributed by atoms with Crippen LogP contribution in [-0.4, -0.2) is 48.8 Å². The summed E-state index contributed by atoms with van der Waals surface area (Å²) in [6.07, 6.45) is 4.69. The lowest BCUT2D eigenvalue weighted by Crippen LogP contribution is -2.27. The second-order valence-electron chi connectivity index (χ2n) is 6.94. The molecule has 0 aromatic carbocycles. The highest BCUT2D eigenvalue weighted by Gasteiger charge is 2.22. The summed E-state index contributed by atoms with van der Waals surface area (Å²) in [4.78, 5) is 16.9. The van der Waals surface area contributed by atoms with Gasteiger partial charge in [-0.15, -0.1) is 17.5 Å². The maximum absolute atomic E-state index is 12.4. The van der Waals surface area contributed by atoms with Crippen molar-refractivity contribution < 1.29 is 4.79 Å². The van der Waals surface area contributed by atoms with Gasteiger partial charge < -0.3 is 5.32 Å². The summed E-state index contributed by atoms with van der Waals surface area (Å²) in [5, 5.41) is 18.5. The van der Waals surface area contributed by atoms with E-state index in [2.05, 4.69) is 44.9 Å². The predicted molar refractivity (Wildman–Crippen MR) is 101 cm³/mol. The van der Waals surface area contributed by atoms with Crippen molar-refractivity contribution in [2.75, 3.05) is 18.4 Å². The van der Waals surface area contributed by atoms with Crippen LogP contribution in [-0.2, 0) is 13.6 Å². The molecule has 3 rings (SSSR count). The molecule has 1 saturated heterocycles. The van der Waals surface area contributed by atoms with Crippen molar-refractivity contribution in [3.63, 3.8) is 0 Å². The van der Waals surface area contributed by atoms with E-state index in [1.807, 2.05) is 0 Å². The molecule has 3 heterocycles. The molecule has 1 aliphatic heterocycles. The molecule has 0 atom stereocenters. The SMILES string of the molecule is CC(C)CCn1cc(C(=O)Nc2nc(C3CCNCC3)nn2C)nn1.Cl. The van der Waals surface area contributed by atoms with Crippen LogP contribution in [0.3, 0.4) is 0 Å². The number of hydrogen-bond acceptors (Lipinski definition) is 6. The summed E-state index contributed by atoms with van der Waals surface area (Å²) in [5.74, 6) is 1.84. The predicted octanol–water partition coefficient (Wildman–Crippen LogP) is 1.59. The van der Waals surface area contributed by atoms with Crippen LogP contribution in [0.2, 0.25) is 0 Å². The zero-order valence-corrected chi connectivity index (χ0v) is 16.3. The van der Waals surface area contributed by atoms with Gasteiger partial charge in [-0.1, -0.05) is 19.1 Å². The number of carbonyl (C=O) groups is 1. The first-order chi connectivity index (χ1) is 12.0. The molecule has 0 saturated carbocycles. The lowest BCUT2D eigenvalue weighted by molar-refractivity contribution is 0.102. The van der Waals surface area contributed by atoms with E-state index in [-0.39, 0.29) is 24.0 Å². The third-order valence-electron chi connectivity index (χ3n) is 4.42. The molecular formula is C16H27ClN8O. The minimum atomic E-state index is -0.317. The van der Waals surface area contributed by atoms with Crippen LogP contribution in [0, 0.1) is 5.92 Å². The fourth-order valence-corrected chi connectivity index (χ4v) is 2.83. The van der Waals surface area contributed by atoms with E-state index in [1.165, 1.54) is 0 Å². The molecule has 0 aliphatic carbocycles. The number of nitrogens with zero attached hydrogens (tertiary/aromatic N) is 6. The maximum Gasteiger partial charge on any atom is 0.280 e. The third-order valence-corrected chi connectivity index (χ3v) is 4.42. The van der Waals surface area contributed by atoms with Gasteiger partial charge in [-0.25, -0.2) is 4.68 Å². The monoisotopic (exact) mass is 382 g/mol. The molecule has 144 valence electrons. The number of aryl methyl sites for hydroxylation is 2. The Bertz CT molecular complexity index is 720. The van der Waals surface area contributed by atoms with Crippen molar-refractivity contribution in [3.8, 4) is 0 Å². The molecule has 10 heteroatoms. The van der Waals surface area contributed by atoms with Gasteiger partial charge in [0.05, 0.1) is 6.20 Å². The Morgan fingerprint density at radius 2 is 2.12 bits per heavy atom. The van der Waals surface area contributed by atoms with Crippen LogP contribution in [0.15, 0.2) is 6.20 Å². The molecule has 1 fully saturated rings. The number of rotatable bonds is 6. The minimum Gasteiger partial charge on any atom is -0.317 e. The molecule has 1 amide bonds. The van der Waals surface area contributed by atoms with Crippen LogP contribution in [0.1, 0.15) is 55.3 Å². The fourth-order valence-electron chi connectivity index (χ4n) is 2.83. The highest BCUT2D eigenvalue weighted by atomic mass is 35.5. The Morgan fingerprint density at radius 3 is 2.81 bits per heavy atom. The lowest BCUT2D eigenvalue weighted by atomic mass is 9.98. The van der Waals surface area contributed by atoms with Crippen molar-refractivity contribution in [1.29, 1.82) is 0 Å². The van der Waals surface area contributed by atoms with E-state index < -0.39 is 0 Å². The smallest absolute Gasteiger partial charge is 0.280 e. The Balaban J connectivity index is 0.00000243. The number of anilines is 1. The molecule has 2 aromatic rings. The molecule has 9 nitrogen and oxygen atoms in total. The lowest BCUT2D eigenvalue weighted by Gasteiger charge is -2.19. The fraction of sp³-hybridized carbons (Fsp3) is 0.688. The summed E-state index contributed by atoms with van der Waals surface area (Å²) in [5.41, 5.74) is 0.287. The van der Waals surface area contributed by atoms with Crippen molar-refractivity contribution >= 4 is 24.3 Å². The minimum absolute atomic E-state index is 0. The quantitative estimate of drug-likeness (QED) is 0.786. The second kappa shape index (κ2) is 9.09. The van der Waals surface area contributed by atoms with E-state index >= 15 is 0 Å². The number of piperidine rings is 1. The summed E-state index contributed by atoms with van der Waals surface area (Å²) < 4.78 is 3.31. The summed E-state index contributed by atoms with van der Waals surface area (Å²) in [6, 6.07) is 0. The summed E-state index contributed by atoms with van der Waals surface area (Å²) in [6.45, 7) is 7.01. The number of halogens is 1. The molecule has 0 radical (unpaired) electrons. The first kappa shape index (κ1) is 20.3. The molecule has 0 spiro atoms. The second-order valence-corrected chi connectivity index (χ2v) is 6.94. The first-order valence-corrected chi connectivity index (χ1v) is 8.86. The Labute approximate surface area is 159 Å². The highest BCUT2D eigenvalue weighted by Crippen LogP contribution is 2.23. The Kier molecular flexibility index (Phi) is 7.10. The molecule has 26 heavy (non-hydrogen) atoms. The van der Waals surface area contributed by atoms with Gasteiger partial charge in [0.2, 0.25) is 5.95 Å². The van der Waals surface area contributed by atoms with Gasteiger partial charge in [0, 0.05) is 19.5 Å². The van der Waals surface area contributed by atoms with Crippen LogP contribution in [0.4, 0.5) is 5.95 Å². The molecule has 0 bridgehead atoms. The van der Waals surface area contributed by atoms with Gasteiger partial charge in [-0.05, 0) is 38.3 Å². The molecule has 0 unspecified atom stereocenters. The van der Waals surface area contributed by atoms with E-state index in [0.29, 0.717) is 17.8 Å². The van der Waals surface area contributed by atoms with E-state index in [0.717, 1.165) is 44.7 Å². The summed E-state index contributed by atoms with van der Waals surface area (Å²) >= 11 is 0. The normalized spacial score (nSPS) is 15.1. The van der Waals surface area contributed by atoms with Gasteiger partial charge in [0.25, 0.3) is 5.91 Å². The number of amides is 1. The van der Waals surface area contributed by atoms with Gasteiger partial charge in [-0.2, -0.15) is 10.1 Å². The molecule has 1 aliphatic rings. The number of nitrogens with one attached hydrogen (secondary N) is 2. The van der Waals surface area contributed by atoms with Crippen molar-refractivity contribution in [3.05, 3.63) is 17.7 Å². The van der Waals surface area contributed by atoms with Crippen molar-refractivity contribution in [2.45, 2.75) is 45.6 Å². The maximum atomic E-state index is 12.4. The van der Waals surface area contributed by atoms with Gasteiger partial charge in [0.1, 0.15) is 0 Å². The van der Waals surface area contributed by atoms with Crippen LogP contribution in [0.5, 0.6) is 0 Å². The van der Waals surface area contributed by atoms with Gasteiger partial charge >= 0.3 is 0 Å². The number of hydrogen-bond donors (Lipinski definition) is 2. The largest absolute Gasteiger partial charge is 0.317 e. The first-order valence-electron chi connectivity index (χ1n) is 8.86. The van der Waals surface area contributed by atoms with Crippen molar-refractivity contribution in [2.24, 2.45) is 13.0 Å². The Morgan fingerprint density at radius 1 is 1.38 bits per heavy atom. The zero-order valence-electron chi connectivity index (χ0n) is 15.5. The standard InChI is InChI=1S/C16H26N8O.ClH/c1-11(2)6-9-24-10-13(20-22-24)15(25)19-16-18-14(21-23(16)3)12-4-7-17-8-5-12;/h10-12,17H,4-9H2,1-3H3,(H,18,19,21,25);1H. The van der Waals surface area contributed by atoms with Crippen LogP contribution in [0.25, 0.3) is 0 Å². The van der Waals surface area contributed by atoms with E-state index in [4.69, 9.17) is 0 Å². The molecular weight excluding hydrogens is 356 g/mol. The third kappa shape index (κ3) is 5.01. The Hall–Kier alpha value is -2.00. The average Bonchev–Trinajstić information content (AvgIpc) is 3.21. The number of carbonyl (C=O) groups excluding carboxylic acids is 1. The zero-order chi connectivity index (χ0) is 17.8. The highest BCUT2D eigenvalue weighted by molar-refractivity contribution is 6.01. The molecule has 2 N–H and O–H groups in total. The topological polar surface area (TPSA) is 103 Å². The average molecular weight is 383 g/mol. The summed E-state index contributed by atoms with van der Waals surface area (Å²) in [7, 11) is 1.78. The molecule has 2 aromatic heterocycles. The van der Waals surface area contributed by atoms with Crippen molar-refractivity contribution in [1.82, 2.24) is 35.1 Å². The van der Waals surface area contributed by atoms with E-state index in [1.54, 1.807) is 22.6 Å². The van der Waals surface area contributed by atoms with Gasteiger partial charge in [0.15, 0.2) is 11.5 Å². The van der Waals surface area contributed by atoms with Crippen LogP contribution >= 0.6 is 12.4 Å². The van der Waals surface area contributed by atoms with Gasteiger partial charge in [-0.3, -0.25) is 14.8 Å². The van der Waals surface area contributed by atoms with Crippen LogP contribution < -0.4 is 10.6 Å². The number of aromatic nitrogens is 6. The van der Waals surface area contributed by atoms with E-state index in [9.17, 15) is 4.79 Å².